The van der Waals surface area contributed by atoms with Crippen LogP contribution in [0.15, 0.2) is 18.3 Å². The molecule has 4 heterocycles. The van der Waals surface area contributed by atoms with Crippen molar-refractivity contribution in [3.05, 3.63) is 41.0 Å². The van der Waals surface area contributed by atoms with E-state index in [0.29, 0.717) is 31.8 Å². The SMILES string of the molecule is C[C@@H]1Cc2c(C(=O)N3CCOc4cccnc4C3)n[nH]c2[C@H](C)O1. The van der Waals surface area contributed by atoms with Gasteiger partial charge in [-0.25, -0.2) is 0 Å². The number of nitrogens with zero attached hydrogens (tertiary/aromatic N) is 3. The second-order valence-electron chi connectivity index (χ2n) is 6.28. The molecular formula is C17H20N4O3. The number of aromatic amines is 1. The molecule has 24 heavy (non-hydrogen) atoms. The summed E-state index contributed by atoms with van der Waals surface area (Å²) in [6, 6.07) is 3.72. The van der Waals surface area contributed by atoms with Gasteiger partial charge in [-0.3, -0.25) is 14.9 Å². The number of H-pyrrole nitrogens is 1. The summed E-state index contributed by atoms with van der Waals surface area (Å²) in [6.45, 7) is 5.38. The molecule has 1 amide bonds. The molecule has 4 rings (SSSR count). The van der Waals surface area contributed by atoms with Gasteiger partial charge in [-0.05, 0) is 26.0 Å². The van der Waals surface area contributed by atoms with Gasteiger partial charge in [-0.15, -0.1) is 0 Å². The van der Waals surface area contributed by atoms with Gasteiger partial charge in [0.05, 0.1) is 31.0 Å². The van der Waals surface area contributed by atoms with Gasteiger partial charge >= 0.3 is 0 Å². The van der Waals surface area contributed by atoms with Gasteiger partial charge in [0.2, 0.25) is 0 Å². The Hall–Kier alpha value is -2.41. The average Bonchev–Trinajstić information content (AvgIpc) is 2.86. The molecule has 2 aliphatic rings. The maximum atomic E-state index is 13.0. The van der Waals surface area contributed by atoms with Crippen molar-refractivity contribution in [1.82, 2.24) is 20.1 Å². The Balaban J connectivity index is 1.63. The van der Waals surface area contributed by atoms with Gasteiger partial charge in [-0.2, -0.15) is 5.10 Å². The van der Waals surface area contributed by atoms with Crippen LogP contribution in [0.4, 0.5) is 0 Å². The largest absolute Gasteiger partial charge is 0.490 e. The number of carbonyl (C=O) groups is 1. The highest BCUT2D eigenvalue weighted by molar-refractivity contribution is 5.94. The molecule has 0 saturated heterocycles. The van der Waals surface area contributed by atoms with Crippen molar-refractivity contribution < 1.29 is 14.3 Å². The highest BCUT2D eigenvalue weighted by Gasteiger charge is 2.32. The van der Waals surface area contributed by atoms with Crippen molar-refractivity contribution in [2.24, 2.45) is 0 Å². The van der Waals surface area contributed by atoms with Crippen molar-refractivity contribution in [2.45, 2.75) is 39.0 Å². The van der Waals surface area contributed by atoms with Crippen LogP contribution in [-0.4, -0.2) is 45.2 Å². The van der Waals surface area contributed by atoms with Crippen LogP contribution in [0, 0.1) is 0 Å². The Labute approximate surface area is 140 Å². The van der Waals surface area contributed by atoms with Gasteiger partial charge in [-0.1, -0.05) is 0 Å². The lowest BCUT2D eigenvalue weighted by molar-refractivity contribution is -0.00702. The second kappa shape index (κ2) is 5.90. The zero-order valence-electron chi connectivity index (χ0n) is 13.8. The Morgan fingerprint density at radius 3 is 3.17 bits per heavy atom. The second-order valence-corrected chi connectivity index (χ2v) is 6.28. The lowest BCUT2D eigenvalue weighted by atomic mass is 9.99. The normalized spacial score (nSPS) is 23.0. The zero-order chi connectivity index (χ0) is 16.7. The van der Waals surface area contributed by atoms with Crippen LogP contribution in [0.25, 0.3) is 0 Å². The van der Waals surface area contributed by atoms with Crippen LogP contribution < -0.4 is 4.74 Å². The number of fused-ring (bicyclic) bond motifs is 2. The molecule has 0 aliphatic carbocycles. The first-order chi connectivity index (χ1) is 11.6. The van der Waals surface area contributed by atoms with E-state index in [0.717, 1.165) is 22.7 Å². The van der Waals surface area contributed by atoms with E-state index < -0.39 is 0 Å². The maximum absolute atomic E-state index is 13.0. The summed E-state index contributed by atoms with van der Waals surface area (Å²) < 4.78 is 11.5. The van der Waals surface area contributed by atoms with Crippen LogP contribution >= 0.6 is 0 Å². The van der Waals surface area contributed by atoms with E-state index in [2.05, 4.69) is 15.2 Å². The molecule has 0 fully saturated rings. The van der Waals surface area contributed by atoms with Crippen LogP contribution in [0.2, 0.25) is 0 Å². The maximum Gasteiger partial charge on any atom is 0.275 e. The third kappa shape index (κ3) is 2.54. The van der Waals surface area contributed by atoms with E-state index in [1.54, 1.807) is 11.1 Å². The minimum Gasteiger partial charge on any atom is -0.490 e. The van der Waals surface area contributed by atoms with E-state index in [9.17, 15) is 4.79 Å². The van der Waals surface area contributed by atoms with Gasteiger partial charge in [0.1, 0.15) is 18.1 Å². The van der Waals surface area contributed by atoms with Crippen LogP contribution in [0.5, 0.6) is 5.75 Å². The van der Waals surface area contributed by atoms with Crippen molar-refractivity contribution >= 4 is 5.91 Å². The van der Waals surface area contributed by atoms with Crippen molar-refractivity contribution in [1.29, 1.82) is 0 Å². The monoisotopic (exact) mass is 328 g/mol. The first-order valence-corrected chi connectivity index (χ1v) is 8.22. The molecule has 0 radical (unpaired) electrons. The average molecular weight is 328 g/mol. The van der Waals surface area contributed by atoms with E-state index in [1.807, 2.05) is 26.0 Å². The van der Waals surface area contributed by atoms with Gasteiger partial charge in [0, 0.05) is 18.2 Å². The summed E-state index contributed by atoms with van der Waals surface area (Å²) in [4.78, 5) is 19.1. The van der Waals surface area contributed by atoms with Crippen LogP contribution in [0.1, 0.15) is 47.4 Å². The lowest BCUT2D eigenvalue weighted by Gasteiger charge is -2.26. The number of amides is 1. The van der Waals surface area contributed by atoms with Crippen molar-refractivity contribution in [2.75, 3.05) is 13.2 Å². The quantitative estimate of drug-likeness (QED) is 0.864. The summed E-state index contributed by atoms with van der Waals surface area (Å²) in [6.07, 6.45) is 2.41. The summed E-state index contributed by atoms with van der Waals surface area (Å²) in [7, 11) is 0. The molecule has 0 unspecified atom stereocenters. The molecular weight excluding hydrogens is 308 g/mol. The Bertz CT molecular complexity index is 773. The van der Waals surface area contributed by atoms with Gasteiger partial charge < -0.3 is 14.4 Å². The first-order valence-electron chi connectivity index (χ1n) is 8.22. The number of aromatic nitrogens is 3. The van der Waals surface area contributed by atoms with Gasteiger partial charge in [0.15, 0.2) is 5.69 Å². The molecule has 1 N–H and O–H groups in total. The van der Waals surface area contributed by atoms with Crippen molar-refractivity contribution in [3.63, 3.8) is 0 Å². The highest BCUT2D eigenvalue weighted by atomic mass is 16.5. The van der Waals surface area contributed by atoms with Gasteiger partial charge in [0.25, 0.3) is 5.91 Å². The Morgan fingerprint density at radius 2 is 2.29 bits per heavy atom. The summed E-state index contributed by atoms with van der Waals surface area (Å²) in [5.41, 5.74) is 3.14. The topological polar surface area (TPSA) is 80.3 Å². The predicted octanol–water partition coefficient (Wildman–Crippen LogP) is 1.86. The number of pyridine rings is 1. The van der Waals surface area contributed by atoms with Crippen LogP contribution in [0.3, 0.4) is 0 Å². The number of rotatable bonds is 1. The number of carbonyl (C=O) groups excluding carboxylic acids is 1. The Kier molecular flexibility index (Phi) is 3.72. The summed E-state index contributed by atoms with van der Waals surface area (Å²) in [5.74, 6) is 0.656. The standard InChI is InChI=1S/C17H20N4O3/c1-10-8-12-15(11(2)24-10)19-20-16(12)17(22)21-6-7-23-14-4-3-5-18-13(14)9-21/h3-5,10-11H,6-9H2,1-2H3,(H,19,20)/t10-,11+/m1/s1. The van der Waals surface area contributed by atoms with Crippen molar-refractivity contribution in [3.8, 4) is 5.75 Å². The lowest BCUT2D eigenvalue weighted by Crippen LogP contribution is -2.34. The molecule has 126 valence electrons. The number of hydrogen-bond donors (Lipinski definition) is 1. The predicted molar refractivity (Wildman–Crippen MR) is 85.7 cm³/mol. The first kappa shape index (κ1) is 15.1. The fourth-order valence-electron chi connectivity index (χ4n) is 3.37. The Morgan fingerprint density at radius 1 is 1.42 bits per heavy atom. The smallest absolute Gasteiger partial charge is 0.275 e. The van der Waals surface area contributed by atoms with Crippen LogP contribution in [-0.2, 0) is 17.7 Å². The molecule has 2 aromatic heterocycles. The molecule has 0 spiro atoms. The fourth-order valence-corrected chi connectivity index (χ4v) is 3.37. The molecule has 0 saturated carbocycles. The molecule has 2 atom stereocenters. The zero-order valence-corrected chi connectivity index (χ0v) is 13.8. The molecule has 2 aromatic rings. The van der Waals surface area contributed by atoms with E-state index >= 15 is 0 Å². The summed E-state index contributed by atoms with van der Waals surface area (Å²) >= 11 is 0. The van der Waals surface area contributed by atoms with E-state index in [-0.39, 0.29) is 18.1 Å². The fraction of sp³-hybridized carbons (Fsp3) is 0.471. The third-order valence-electron chi connectivity index (χ3n) is 4.53. The molecule has 0 bridgehead atoms. The van der Waals surface area contributed by atoms with E-state index in [4.69, 9.17) is 9.47 Å². The summed E-state index contributed by atoms with van der Waals surface area (Å²) in [5, 5.41) is 7.27. The highest BCUT2D eigenvalue weighted by Crippen LogP contribution is 2.31. The third-order valence-corrected chi connectivity index (χ3v) is 4.53. The minimum atomic E-state index is -0.0871. The number of ether oxygens (including phenoxy) is 2. The molecule has 2 aliphatic heterocycles. The minimum absolute atomic E-state index is 0.0755. The molecule has 7 nitrogen and oxygen atoms in total. The molecule has 0 aromatic carbocycles. The molecule has 7 heteroatoms. The number of hydrogen-bond acceptors (Lipinski definition) is 5. The number of nitrogens with one attached hydrogen (secondary N) is 1. The van der Waals surface area contributed by atoms with E-state index in [1.165, 1.54) is 0 Å².